The molecule has 2 nitrogen and oxygen atoms in total. The van der Waals surface area contributed by atoms with Gasteiger partial charge in [0, 0.05) is 5.88 Å². The lowest BCUT2D eigenvalue weighted by Crippen LogP contribution is -2.07. The Morgan fingerprint density at radius 1 is 1.19 bits per heavy atom. The van der Waals surface area contributed by atoms with Crippen LogP contribution in [0.3, 0.4) is 0 Å². The fourth-order valence-corrected chi connectivity index (χ4v) is 3.06. The summed E-state index contributed by atoms with van der Waals surface area (Å²) in [7, 11) is -3.18. The van der Waals surface area contributed by atoms with Crippen molar-refractivity contribution in [1.82, 2.24) is 0 Å². The smallest absolute Gasteiger partial charge is 0.179 e. The van der Waals surface area contributed by atoms with Crippen molar-refractivity contribution in [3.63, 3.8) is 0 Å². The van der Waals surface area contributed by atoms with Crippen LogP contribution in [0.2, 0.25) is 0 Å². The molecule has 4 heteroatoms. The van der Waals surface area contributed by atoms with Crippen molar-refractivity contribution in [3.8, 4) is 0 Å². The molecule has 0 saturated heterocycles. The first-order valence-corrected chi connectivity index (χ1v) is 7.66. The molecule has 0 heterocycles. The molecule has 0 aromatic heterocycles. The van der Waals surface area contributed by atoms with Crippen molar-refractivity contribution in [1.29, 1.82) is 0 Å². The topological polar surface area (TPSA) is 34.1 Å². The average Bonchev–Trinajstić information content (AvgIpc) is 2.27. The van der Waals surface area contributed by atoms with Gasteiger partial charge in [0.05, 0.1) is 10.6 Å². The molecular formula is C12H17ClO2S. The number of alkyl halides is 1. The van der Waals surface area contributed by atoms with Crippen molar-refractivity contribution in [3.05, 3.63) is 29.8 Å². The molecule has 0 aliphatic carbocycles. The lowest BCUT2D eigenvalue weighted by molar-refractivity contribution is 0.597. The molecule has 0 amide bonds. The van der Waals surface area contributed by atoms with Crippen molar-refractivity contribution in [2.75, 3.05) is 11.6 Å². The first-order valence-electron chi connectivity index (χ1n) is 5.48. The quantitative estimate of drug-likeness (QED) is 0.737. The minimum atomic E-state index is -3.18. The molecule has 16 heavy (non-hydrogen) atoms. The molecule has 0 fully saturated rings. The summed E-state index contributed by atoms with van der Waals surface area (Å²) in [6.07, 6.45) is 3.28. The Labute approximate surface area is 103 Å². The Kier molecular flexibility index (Phi) is 5.29. The second-order valence-electron chi connectivity index (χ2n) is 3.76. The molecule has 0 N–H and O–H groups in total. The highest BCUT2D eigenvalue weighted by atomic mass is 35.5. The summed E-state index contributed by atoms with van der Waals surface area (Å²) in [6, 6.07) is 7.12. The minimum Gasteiger partial charge on any atom is -0.224 e. The van der Waals surface area contributed by atoms with Gasteiger partial charge in [-0.3, -0.25) is 0 Å². The standard InChI is InChI=1S/C12H17ClO2S/c1-2-3-4-11-5-7-12(8-6-11)16(14,15)10-9-13/h5-8H,2-4,9-10H2,1H3. The normalized spacial score (nSPS) is 11.6. The van der Waals surface area contributed by atoms with Gasteiger partial charge in [0.25, 0.3) is 0 Å². The summed E-state index contributed by atoms with van der Waals surface area (Å²) in [6.45, 7) is 2.14. The van der Waals surface area contributed by atoms with Gasteiger partial charge < -0.3 is 0 Å². The Morgan fingerprint density at radius 3 is 2.31 bits per heavy atom. The van der Waals surface area contributed by atoms with Gasteiger partial charge in [0.15, 0.2) is 9.84 Å². The number of aryl methyl sites for hydroxylation is 1. The number of benzene rings is 1. The van der Waals surface area contributed by atoms with Crippen molar-refractivity contribution < 1.29 is 8.42 Å². The molecule has 0 spiro atoms. The van der Waals surface area contributed by atoms with Gasteiger partial charge in [0.1, 0.15) is 0 Å². The van der Waals surface area contributed by atoms with E-state index in [-0.39, 0.29) is 11.6 Å². The van der Waals surface area contributed by atoms with Gasteiger partial charge in [-0.2, -0.15) is 0 Å². The van der Waals surface area contributed by atoms with Crippen molar-refractivity contribution in [2.45, 2.75) is 31.1 Å². The van der Waals surface area contributed by atoms with E-state index in [0.29, 0.717) is 4.90 Å². The summed E-state index contributed by atoms with van der Waals surface area (Å²) < 4.78 is 23.3. The maximum atomic E-state index is 11.7. The third kappa shape index (κ3) is 3.80. The lowest BCUT2D eigenvalue weighted by atomic mass is 10.1. The third-order valence-corrected chi connectivity index (χ3v) is 4.59. The number of halogens is 1. The molecule has 0 atom stereocenters. The molecule has 0 aliphatic heterocycles. The van der Waals surface area contributed by atoms with E-state index in [1.54, 1.807) is 12.1 Å². The molecule has 0 unspecified atom stereocenters. The van der Waals surface area contributed by atoms with Crippen LogP contribution in [0, 0.1) is 0 Å². The zero-order valence-electron chi connectivity index (χ0n) is 9.45. The van der Waals surface area contributed by atoms with Crippen LogP contribution < -0.4 is 0 Å². The summed E-state index contributed by atoms with van der Waals surface area (Å²) >= 11 is 5.46. The first kappa shape index (κ1) is 13.5. The Hall–Kier alpha value is -0.540. The highest BCUT2D eigenvalue weighted by Crippen LogP contribution is 2.14. The average molecular weight is 261 g/mol. The van der Waals surface area contributed by atoms with Crippen LogP contribution in [0.15, 0.2) is 29.2 Å². The Bertz CT molecular complexity index is 409. The van der Waals surface area contributed by atoms with E-state index in [9.17, 15) is 8.42 Å². The number of unbranched alkanes of at least 4 members (excludes halogenated alkanes) is 1. The zero-order valence-corrected chi connectivity index (χ0v) is 11.0. The van der Waals surface area contributed by atoms with E-state index in [1.807, 2.05) is 12.1 Å². The summed E-state index contributed by atoms with van der Waals surface area (Å²) in [4.78, 5) is 0.369. The lowest BCUT2D eigenvalue weighted by Gasteiger charge is -2.04. The fourth-order valence-electron chi connectivity index (χ4n) is 1.46. The van der Waals surface area contributed by atoms with Gasteiger partial charge in [-0.05, 0) is 30.5 Å². The van der Waals surface area contributed by atoms with Crippen LogP contribution in [0.4, 0.5) is 0 Å². The molecule has 1 aromatic rings. The first-order chi connectivity index (χ1) is 7.60. The maximum absolute atomic E-state index is 11.7. The molecule has 0 aliphatic rings. The van der Waals surface area contributed by atoms with E-state index in [1.165, 1.54) is 5.56 Å². The van der Waals surface area contributed by atoms with Crippen LogP contribution in [0.1, 0.15) is 25.3 Å². The highest BCUT2D eigenvalue weighted by molar-refractivity contribution is 7.91. The molecular weight excluding hydrogens is 244 g/mol. The van der Waals surface area contributed by atoms with Gasteiger partial charge in [0.2, 0.25) is 0 Å². The van der Waals surface area contributed by atoms with E-state index < -0.39 is 9.84 Å². The number of rotatable bonds is 6. The van der Waals surface area contributed by atoms with Gasteiger partial charge in [-0.1, -0.05) is 25.5 Å². The highest BCUT2D eigenvalue weighted by Gasteiger charge is 2.12. The van der Waals surface area contributed by atoms with Crippen molar-refractivity contribution in [2.24, 2.45) is 0 Å². The summed E-state index contributed by atoms with van der Waals surface area (Å²) in [5.74, 6) is 0.142. The molecule has 90 valence electrons. The monoisotopic (exact) mass is 260 g/mol. The van der Waals surface area contributed by atoms with E-state index in [0.717, 1.165) is 19.3 Å². The van der Waals surface area contributed by atoms with E-state index in [4.69, 9.17) is 11.6 Å². The molecule has 0 bridgehead atoms. The SMILES string of the molecule is CCCCc1ccc(S(=O)(=O)CCCl)cc1. The van der Waals surface area contributed by atoms with E-state index in [2.05, 4.69) is 6.92 Å². The van der Waals surface area contributed by atoms with Crippen molar-refractivity contribution >= 4 is 21.4 Å². The third-order valence-electron chi connectivity index (χ3n) is 2.45. The molecule has 0 saturated carbocycles. The predicted octanol–water partition coefficient (Wildman–Crippen LogP) is 3.04. The van der Waals surface area contributed by atoms with Crippen LogP contribution in [-0.2, 0) is 16.3 Å². The maximum Gasteiger partial charge on any atom is 0.179 e. The van der Waals surface area contributed by atoms with Gasteiger partial charge >= 0.3 is 0 Å². The molecule has 0 radical (unpaired) electrons. The number of hydrogen-bond acceptors (Lipinski definition) is 2. The second-order valence-corrected chi connectivity index (χ2v) is 6.24. The fraction of sp³-hybridized carbons (Fsp3) is 0.500. The summed E-state index contributed by atoms with van der Waals surface area (Å²) in [5.41, 5.74) is 1.19. The second kappa shape index (κ2) is 6.26. The van der Waals surface area contributed by atoms with Crippen LogP contribution in [-0.4, -0.2) is 20.1 Å². The van der Waals surface area contributed by atoms with Crippen LogP contribution >= 0.6 is 11.6 Å². The Balaban J connectivity index is 2.78. The molecule has 1 aromatic carbocycles. The largest absolute Gasteiger partial charge is 0.224 e. The molecule has 1 rings (SSSR count). The predicted molar refractivity (Wildman–Crippen MR) is 67.8 cm³/mol. The van der Waals surface area contributed by atoms with Crippen LogP contribution in [0.5, 0.6) is 0 Å². The van der Waals surface area contributed by atoms with Gasteiger partial charge in [-0.15, -0.1) is 11.6 Å². The Morgan fingerprint density at radius 2 is 1.81 bits per heavy atom. The number of hydrogen-bond donors (Lipinski definition) is 0. The minimum absolute atomic E-state index is 0.00284. The van der Waals surface area contributed by atoms with E-state index >= 15 is 0 Å². The number of sulfone groups is 1. The van der Waals surface area contributed by atoms with Crippen LogP contribution in [0.25, 0.3) is 0 Å². The zero-order chi connectivity index (χ0) is 12.0. The summed E-state index contributed by atoms with van der Waals surface area (Å²) in [5, 5.41) is 0. The van der Waals surface area contributed by atoms with Gasteiger partial charge in [-0.25, -0.2) is 8.42 Å².